The molecule has 9 nitrogen and oxygen atoms in total. The summed E-state index contributed by atoms with van der Waals surface area (Å²) in [5.74, 6) is -1.38. The van der Waals surface area contributed by atoms with Crippen molar-refractivity contribution in [2.75, 3.05) is 26.3 Å². The Morgan fingerprint density at radius 2 is 1.63 bits per heavy atom. The van der Waals surface area contributed by atoms with Gasteiger partial charge in [-0.15, -0.1) is 0 Å². The predicted molar refractivity (Wildman–Crippen MR) is 110 cm³/mol. The molecular formula is C21H36N2O7. The van der Waals surface area contributed by atoms with Crippen LogP contribution < -0.4 is 0 Å². The molecule has 0 aromatic carbocycles. The molecule has 0 N–H and O–H groups in total. The Morgan fingerprint density at radius 3 is 2.17 bits per heavy atom. The van der Waals surface area contributed by atoms with Crippen molar-refractivity contribution in [2.45, 2.75) is 84.9 Å². The normalized spacial score (nSPS) is 19.1. The molecule has 0 aromatic rings. The quantitative estimate of drug-likeness (QED) is 0.332. The first-order valence-corrected chi connectivity index (χ1v) is 10.6. The summed E-state index contributed by atoms with van der Waals surface area (Å²) in [7, 11) is 0. The van der Waals surface area contributed by atoms with E-state index in [1.165, 1.54) is 0 Å². The number of nitrogens with zero attached hydrogens (tertiary/aromatic N) is 2. The van der Waals surface area contributed by atoms with Crippen molar-refractivity contribution in [3.8, 4) is 0 Å². The maximum atomic E-state index is 12.8. The van der Waals surface area contributed by atoms with Gasteiger partial charge in [-0.25, -0.2) is 4.79 Å². The number of likely N-dealkylation sites (tertiary alicyclic amines) is 1. The fraction of sp³-hybridized carbons (Fsp3) is 0.810. The van der Waals surface area contributed by atoms with Crippen molar-refractivity contribution in [1.29, 1.82) is 0 Å². The summed E-state index contributed by atoms with van der Waals surface area (Å²) in [6, 6.07) is -0.353. The smallest absolute Gasteiger partial charge is 0.410 e. The van der Waals surface area contributed by atoms with Crippen molar-refractivity contribution < 1.29 is 33.4 Å². The summed E-state index contributed by atoms with van der Waals surface area (Å²) in [4.78, 5) is 52.0. The van der Waals surface area contributed by atoms with Crippen LogP contribution in [0.1, 0.15) is 67.2 Å². The van der Waals surface area contributed by atoms with Crippen LogP contribution in [-0.2, 0) is 28.6 Å². The lowest BCUT2D eigenvalue weighted by Crippen LogP contribution is -2.53. The molecule has 0 radical (unpaired) electrons. The van der Waals surface area contributed by atoms with Crippen molar-refractivity contribution in [1.82, 2.24) is 9.80 Å². The summed E-state index contributed by atoms with van der Waals surface area (Å²) < 4.78 is 15.3. The van der Waals surface area contributed by atoms with Crippen molar-refractivity contribution in [2.24, 2.45) is 0 Å². The van der Waals surface area contributed by atoms with Gasteiger partial charge in [-0.2, -0.15) is 0 Å². The molecule has 1 unspecified atom stereocenters. The SMILES string of the molecule is CCOC(=O)CCN(C(=O)CC(=O)OCC)C1CCN(C(=O)OC(C)(C)C)[C@H](C)C1. The molecule has 0 aromatic heterocycles. The Kier molecular flexibility index (Phi) is 10.1. The number of piperidine rings is 1. The lowest BCUT2D eigenvalue weighted by molar-refractivity contribution is -0.150. The van der Waals surface area contributed by atoms with E-state index in [2.05, 4.69) is 0 Å². The van der Waals surface area contributed by atoms with Gasteiger partial charge in [-0.1, -0.05) is 0 Å². The molecule has 1 saturated heterocycles. The fourth-order valence-corrected chi connectivity index (χ4v) is 3.42. The van der Waals surface area contributed by atoms with E-state index >= 15 is 0 Å². The van der Waals surface area contributed by atoms with Gasteiger partial charge in [0.15, 0.2) is 0 Å². The van der Waals surface area contributed by atoms with Crippen LogP contribution in [0.15, 0.2) is 0 Å². The van der Waals surface area contributed by atoms with E-state index in [9.17, 15) is 19.2 Å². The highest BCUT2D eigenvalue weighted by Gasteiger charge is 2.36. The van der Waals surface area contributed by atoms with Crippen molar-refractivity contribution >= 4 is 23.9 Å². The molecule has 0 aliphatic carbocycles. The van der Waals surface area contributed by atoms with E-state index in [4.69, 9.17) is 14.2 Å². The van der Waals surface area contributed by atoms with E-state index in [-0.39, 0.29) is 56.7 Å². The molecule has 0 bridgehead atoms. The number of hydrogen-bond acceptors (Lipinski definition) is 7. The van der Waals surface area contributed by atoms with Crippen LogP contribution in [0.5, 0.6) is 0 Å². The molecule has 30 heavy (non-hydrogen) atoms. The van der Waals surface area contributed by atoms with Gasteiger partial charge in [0.25, 0.3) is 0 Å². The lowest BCUT2D eigenvalue weighted by atomic mass is 9.96. The van der Waals surface area contributed by atoms with Gasteiger partial charge < -0.3 is 24.0 Å². The molecule has 1 aliphatic heterocycles. The van der Waals surface area contributed by atoms with Gasteiger partial charge in [0.2, 0.25) is 5.91 Å². The molecule has 1 rings (SSSR count). The number of carbonyl (C=O) groups is 4. The fourth-order valence-electron chi connectivity index (χ4n) is 3.42. The number of amides is 2. The monoisotopic (exact) mass is 428 g/mol. The third-order valence-electron chi connectivity index (χ3n) is 4.70. The van der Waals surface area contributed by atoms with Crippen LogP contribution >= 0.6 is 0 Å². The number of esters is 2. The third kappa shape index (κ3) is 8.59. The number of carbonyl (C=O) groups excluding carboxylic acids is 4. The maximum Gasteiger partial charge on any atom is 0.410 e. The van der Waals surface area contributed by atoms with Crippen molar-refractivity contribution in [3.05, 3.63) is 0 Å². The topological polar surface area (TPSA) is 102 Å². The molecular weight excluding hydrogens is 392 g/mol. The average Bonchev–Trinajstić information content (AvgIpc) is 2.60. The maximum absolute atomic E-state index is 12.8. The molecule has 2 amide bonds. The van der Waals surface area contributed by atoms with Gasteiger partial charge in [0.1, 0.15) is 12.0 Å². The van der Waals surface area contributed by atoms with Gasteiger partial charge in [-0.3, -0.25) is 14.4 Å². The van der Waals surface area contributed by atoms with Crippen LogP contribution in [0.4, 0.5) is 4.79 Å². The minimum atomic E-state index is -0.595. The zero-order valence-electron chi connectivity index (χ0n) is 19.1. The second-order valence-electron chi connectivity index (χ2n) is 8.32. The van der Waals surface area contributed by atoms with Gasteiger partial charge in [-0.05, 0) is 54.4 Å². The van der Waals surface area contributed by atoms with E-state index < -0.39 is 17.5 Å². The van der Waals surface area contributed by atoms with E-state index in [1.54, 1.807) is 23.6 Å². The Hall–Kier alpha value is -2.32. The highest BCUT2D eigenvalue weighted by molar-refractivity contribution is 5.94. The van der Waals surface area contributed by atoms with E-state index in [0.29, 0.717) is 19.4 Å². The molecule has 1 aliphatic rings. The molecule has 0 spiro atoms. The predicted octanol–water partition coefficient (Wildman–Crippen LogP) is 2.51. The first kappa shape index (κ1) is 25.7. The Bertz CT molecular complexity index is 615. The third-order valence-corrected chi connectivity index (χ3v) is 4.70. The average molecular weight is 429 g/mol. The Balaban J connectivity index is 2.83. The first-order valence-electron chi connectivity index (χ1n) is 10.6. The molecule has 9 heteroatoms. The van der Waals surface area contributed by atoms with Crippen LogP contribution in [0.2, 0.25) is 0 Å². The molecule has 0 saturated carbocycles. The zero-order valence-corrected chi connectivity index (χ0v) is 19.1. The van der Waals surface area contributed by atoms with Crippen LogP contribution in [0.25, 0.3) is 0 Å². The summed E-state index contributed by atoms with van der Waals surface area (Å²) in [6.45, 7) is 11.8. The van der Waals surface area contributed by atoms with Gasteiger partial charge in [0, 0.05) is 25.2 Å². The lowest BCUT2D eigenvalue weighted by Gasteiger charge is -2.42. The second-order valence-corrected chi connectivity index (χ2v) is 8.32. The Morgan fingerprint density at radius 1 is 1.03 bits per heavy atom. The van der Waals surface area contributed by atoms with E-state index in [1.807, 2.05) is 27.7 Å². The summed E-state index contributed by atoms with van der Waals surface area (Å²) in [5.41, 5.74) is -0.588. The van der Waals surface area contributed by atoms with Crippen LogP contribution in [0, 0.1) is 0 Å². The standard InChI is InChI=1S/C21H36N2O7/c1-7-28-18(25)10-12-23(17(24)14-19(26)29-8-2)16-9-11-22(15(3)13-16)20(27)30-21(4,5)6/h15-16H,7-14H2,1-6H3/t15-,16?/m1/s1. The van der Waals surface area contributed by atoms with Gasteiger partial charge >= 0.3 is 18.0 Å². The molecule has 172 valence electrons. The second kappa shape index (κ2) is 11.8. The largest absolute Gasteiger partial charge is 0.466 e. The minimum Gasteiger partial charge on any atom is -0.466 e. The van der Waals surface area contributed by atoms with Crippen LogP contribution in [-0.4, -0.2) is 77.7 Å². The first-order chi connectivity index (χ1) is 14.0. The van der Waals surface area contributed by atoms with Gasteiger partial charge in [0.05, 0.1) is 19.6 Å². The Labute approximate surface area is 179 Å². The highest BCUT2D eigenvalue weighted by Crippen LogP contribution is 2.25. The molecule has 2 atom stereocenters. The minimum absolute atomic E-state index is 0.0447. The number of hydrogen-bond donors (Lipinski definition) is 0. The van der Waals surface area contributed by atoms with Crippen LogP contribution in [0.3, 0.4) is 0 Å². The molecule has 1 fully saturated rings. The summed E-state index contributed by atoms with van der Waals surface area (Å²) >= 11 is 0. The highest BCUT2D eigenvalue weighted by atomic mass is 16.6. The molecule has 1 heterocycles. The summed E-state index contributed by atoms with van der Waals surface area (Å²) in [5, 5.41) is 0. The number of rotatable bonds is 8. The van der Waals surface area contributed by atoms with E-state index in [0.717, 1.165) is 0 Å². The summed E-state index contributed by atoms with van der Waals surface area (Å²) in [6.07, 6.45) is 0.335. The zero-order chi connectivity index (χ0) is 22.9. The van der Waals surface area contributed by atoms with Crippen molar-refractivity contribution in [3.63, 3.8) is 0 Å². The number of ether oxygens (including phenoxy) is 3.